The number of hydrogen-bond donors (Lipinski definition) is 2. The van der Waals surface area contributed by atoms with Gasteiger partial charge in [-0.25, -0.2) is 0 Å². The molecule has 3 N–H and O–H groups in total. The van der Waals surface area contributed by atoms with Crippen LogP contribution in [0.1, 0.15) is 6.42 Å². The number of carbonyl (C=O) groups is 2. The Morgan fingerprint density at radius 3 is 2.75 bits per heavy atom. The quantitative estimate of drug-likeness (QED) is 0.596. The van der Waals surface area contributed by atoms with E-state index in [1.165, 1.54) is 0 Å². The number of rotatable bonds is 4. The number of primary amides is 1. The SMILES string of the molecule is CN(CC(N)=O)CC(=O)N1CCCNCC1. The number of carbonyl (C=O) groups excluding carboxylic acids is 2. The third-order valence-electron chi connectivity index (χ3n) is 2.52. The molecule has 2 amide bonds. The van der Waals surface area contributed by atoms with Gasteiger partial charge in [0.25, 0.3) is 0 Å². The summed E-state index contributed by atoms with van der Waals surface area (Å²) in [6, 6.07) is 0. The topological polar surface area (TPSA) is 78.7 Å². The van der Waals surface area contributed by atoms with E-state index in [2.05, 4.69) is 5.32 Å². The van der Waals surface area contributed by atoms with Crippen molar-refractivity contribution >= 4 is 11.8 Å². The maximum absolute atomic E-state index is 11.8. The molecule has 0 aromatic heterocycles. The summed E-state index contributed by atoms with van der Waals surface area (Å²) in [5.41, 5.74) is 5.06. The summed E-state index contributed by atoms with van der Waals surface area (Å²) in [6.07, 6.45) is 0.977. The predicted octanol–water partition coefficient (Wildman–Crippen LogP) is -1.77. The number of likely N-dealkylation sites (N-methyl/N-ethyl adjacent to an activating group) is 1. The molecular formula is C10H20N4O2. The van der Waals surface area contributed by atoms with Gasteiger partial charge >= 0.3 is 0 Å². The number of nitrogens with zero attached hydrogens (tertiary/aromatic N) is 2. The maximum Gasteiger partial charge on any atom is 0.236 e. The smallest absolute Gasteiger partial charge is 0.236 e. The van der Waals surface area contributed by atoms with Crippen molar-refractivity contribution in [2.45, 2.75) is 6.42 Å². The highest BCUT2D eigenvalue weighted by atomic mass is 16.2. The second-order valence-electron chi connectivity index (χ2n) is 4.12. The lowest BCUT2D eigenvalue weighted by atomic mass is 10.3. The Kier molecular flexibility index (Phi) is 5.21. The molecule has 92 valence electrons. The van der Waals surface area contributed by atoms with Crippen molar-refractivity contribution in [3.8, 4) is 0 Å². The summed E-state index contributed by atoms with van der Waals surface area (Å²) in [7, 11) is 1.72. The first-order chi connectivity index (χ1) is 7.59. The van der Waals surface area contributed by atoms with Crippen LogP contribution in [0.25, 0.3) is 0 Å². The average Bonchev–Trinajstić information content (AvgIpc) is 2.43. The first-order valence-corrected chi connectivity index (χ1v) is 5.55. The molecule has 1 aliphatic heterocycles. The molecule has 0 unspecified atom stereocenters. The van der Waals surface area contributed by atoms with Crippen molar-refractivity contribution in [2.75, 3.05) is 46.3 Å². The lowest BCUT2D eigenvalue weighted by Gasteiger charge is -2.23. The fraction of sp³-hybridized carbons (Fsp3) is 0.800. The van der Waals surface area contributed by atoms with Gasteiger partial charge in [0.15, 0.2) is 0 Å². The normalized spacial score (nSPS) is 17.2. The van der Waals surface area contributed by atoms with Crippen LogP contribution in [0.15, 0.2) is 0 Å². The molecule has 0 radical (unpaired) electrons. The molecule has 1 rings (SSSR count). The molecule has 1 fully saturated rings. The Balaban J connectivity index is 2.34. The highest BCUT2D eigenvalue weighted by Crippen LogP contribution is 1.97. The second kappa shape index (κ2) is 6.44. The van der Waals surface area contributed by atoms with Gasteiger partial charge < -0.3 is 16.0 Å². The Morgan fingerprint density at radius 1 is 1.31 bits per heavy atom. The molecule has 0 atom stereocenters. The van der Waals surface area contributed by atoms with Gasteiger partial charge in [-0.1, -0.05) is 0 Å². The van der Waals surface area contributed by atoms with E-state index < -0.39 is 5.91 Å². The van der Waals surface area contributed by atoms with Crippen molar-refractivity contribution in [3.63, 3.8) is 0 Å². The van der Waals surface area contributed by atoms with E-state index in [0.717, 1.165) is 32.6 Å². The molecule has 0 spiro atoms. The zero-order chi connectivity index (χ0) is 12.0. The molecular weight excluding hydrogens is 208 g/mol. The summed E-state index contributed by atoms with van der Waals surface area (Å²) in [4.78, 5) is 26.0. The lowest BCUT2D eigenvalue weighted by molar-refractivity contribution is -0.132. The number of amides is 2. The van der Waals surface area contributed by atoms with Gasteiger partial charge in [0.1, 0.15) is 0 Å². The van der Waals surface area contributed by atoms with Gasteiger partial charge in [0.2, 0.25) is 11.8 Å². The van der Waals surface area contributed by atoms with Crippen LogP contribution in [0.2, 0.25) is 0 Å². The van der Waals surface area contributed by atoms with Gasteiger partial charge in [-0.3, -0.25) is 14.5 Å². The maximum atomic E-state index is 11.8. The molecule has 6 nitrogen and oxygen atoms in total. The number of hydrogen-bond acceptors (Lipinski definition) is 4. The highest BCUT2D eigenvalue weighted by molar-refractivity contribution is 5.80. The standard InChI is InChI=1S/C10H20N4O2/c1-13(7-9(11)15)8-10(16)14-5-2-3-12-4-6-14/h12H,2-8H2,1H3,(H2,11,15). The van der Waals surface area contributed by atoms with Gasteiger partial charge in [0, 0.05) is 19.6 Å². The van der Waals surface area contributed by atoms with Gasteiger partial charge in [-0.2, -0.15) is 0 Å². The van der Waals surface area contributed by atoms with Crippen LogP contribution in [0.4, 0.5) is 0 Å². The van der Waals surface area contributed by atoms with Crippen LogP contribution in [-0.4, -0.2) is 67.9 Å². The molecule has 0 aliphatic carbocycles. The summed E-state index contributed by atoms with van der Waals surface area (Å²) < 4.78 is 0. The molecule has 16 heavy (non-hydrogen) atoms. The third kappa shape index (κ3) is 4.59. The molecule has 1 aliphatic rings. The molecule has 0 aromatic rings. The van der Waals surface area contributed by atoms with E-state index in [1.54, 1.807) is 11.9 Å². The summed E-state index contributed by atoms with van der Waals surface area (Å²) >= 11 is 0. The zero-order valence-electron chi connectivity index (χ0n) is 9.74. The van der Waals surface area contributed by atoms with E-state index in [-0.39, 0.29) is 19.0 Å². The third-order valence-corrected chi connectivity index (χ3v) is 2.52. The largest absolute Gasteiger partial charge is 0.369 e. The van der Waals surface area contributed by atoms with E-state index >= 15 is 0 Å². The van der Waals surface area contributed by atoms with Crippen molar-refractivity contribution in [1.29, 1.82) is 0 Å². The van der Waals surface area contributed by atoms with Crippen LogP contribution in [0.5, 0.6) is 0 Å². The average molecular weight is 228 g/mol. The Morgan fingerprint density at radius 2 is 2.06 bits per heavy atom. The van der Waals surface area contributed by atoms with E-state index in [1.807, 2.05) is 4.90 Å². The predicted molar refractivity (Wildman–Crippen MR) is 60.8 cm³/mol. The molecule has 0 aromatic carbocycles. The molecule has 0 bridgehead atoms. The van der Waals surface area contributed by atoms with Crippen molar-refractivity contribution < 1.29 is 9.59 Å². The Bertz CT molecular complexity index is 249. The molecule has 6 heteroatoms. The van der Waals surface area contributed by atoms with Crippen LogP contribution in [0.3, 0.4) is 0 Å². The van der Waals surface area contributed by atoms with Crippen molar-refractivity contribution in [3.05, 3.63) is 0 Å². The van der Waals surface area contributed by atoms with Crippen LogP contribution < -0.4 is 11.1 Å². The number of nitrogens with two attached hydrogens (primary N) is 1. The van der Waals surface area contributed by atoms with E-state index in [0.29, 0.717) is 0 Å². The first kappa shape index (κ1) is 12.9. The van der Waals surface area contributed by atoms with Crippen LogP contribution >= 0.6 is 0 Å². The van der Waals surface area contributed by atoms with Crippen LogP contribution in [0, 0.1) is 0 Å². The first-order valence-electron chi connectivity index (χ1n) is 5.55. The van der Waals surface area contributed by atoms with Crippen molar-refractivity contribution in [2.24, 2.45) is 5.73 Å². The lowest BCUT2D eigenvalue weighted by Crippen LogP contribution is -2.42. The zero-order valence-corrected chi connectivity index (χ0v) is 9.74. The Hall–Kier alpha value is -1.14. The van der Waals surface area contributed by atoms with Crippen molar-refractivity contribution in [1.82, 2.24) is 15.1 Å². The molecule has 0 saturated carbocycles. The summed E-state index contributed by atoms with van der Waals surface area (Å²) in [6.45, 7) is 3.70. The molecule has 1 heterocycles. The summed E-state index contributed by atoms with van der Waals surface area (Å²) in [5.74, 6) is -0.347. The fourth-order valence-electron chi connectivity index (χ4n) is 1.75. The van der Waals surface area contributed by atoms with Gasteiger partial charge in [-0.05, 0) is 20.0 Å². The molecule has 1 saturated heterocycles. The van der Waals surface area contributed by atoms with Gasteiger partial charge in [-0.15, -0.1) is 0 Å². The highest BCUT2D eigenvalue weighted by Gasteiger charge is 2.17. The van der Waals surface area contributed by atoms with E-state index in [4.69, 9.17) is 5.73 Å². The van der Waals surface area contributed by atoms with E-state index in [9.17, 15) is 9.59 Å². The minimum atomic E-state index is -0.409. The summed E-state index contributed by atoms with van der Waals surface area (Å²) in [5, 5.41) is 3.24. The monoisotopic (exact) mass is 228 g/mol. The fourth-order valence-corrected chi connectivity index (χ4v) is 1.75. The Labute approximate surface area is 95.8 Å². The van der Waals surface area contributed by atoms with Gasteiger partial charge in [0.05, 0.1) is 13.1 Å². The number of nitrogens with one attached hydrogen (secondary N) is 1. The second-order valence-corrected chi connectivity index (χ2v) is 4.12. The minimum Gasteiger partial charge on any atom is -0.369 e. The van der Waals surface area contributed by atoms with Crippen LogP contribution in [-0.2, 0) is 9.59 Å². The minimum absolute atomic E-state index is 0.0625.